The van der Waals surface area contributed by atoms with Crippen molar-refractivity contribution in [2.75, 3.05) is 6.54 Å². The first-order valence-electron chi connectivity index (χ1n) is 6.74. The summed E-state index contributed by atoms with van der Waals surface area (Å²) in [5, 5.41) is 5.86. The Kier molecular flexibility index (Phi) is 5.84. The van der Waals surface area contributed by atoms with Crippen LogP contribution in [-0.4, -0.2) is 16.1 Å². The van der Waals surface area contributed by atoms with E-state index in [0.717, 1.165) is 31.8 Å². The van der Waals surface area contributed by atoms with Crippen LogP contribution in [0.25, 0.3) is 0 Å². The van der Waals surface area contributed by atoms with E-state index in [-0.39, 0.29) is 6.04 Å². The van der Waals surface area contributed by atoms with Crippen LogP contribution in [0.2, 0.25) is 0 Å². The minimum Gasteiger partial charge on any atom is -0.333 e. The molecule has 0 spiro atoms. The van der Waals surface area contributed by atoms with Crippen molar-refractivity contribution in [1.82, 2.24) is 14.9 Å². The first-order chi connectivity index (χ1) is 9.26. The predicted octanol–water partition coefficient (Wildman–Crippen LogP) is 4.05. The fraction of sp³-hybridized carbons (Fsp3) is 0.500. The molecule has 1 unspecified atom stereocenters. The summed E-state index contributed by atoms with van der Waals surface area (Å²) in [6.45, 7) is 6.43. The summed E-state index contributed by atoms with van der Waals surface area (Å²) in [5.74, 6) is 1.13. The molecule has 1 atom stereocenters. The van der Waals surface area contributed by atoms with Gasteiger partial charge in [0.15, 0.2) is 0 Å². The van der Waals surface area contributed by atoms with Crippen LogP contribution in [0.3, 0.4) is 0 Å². The Morgan fingerprint density at radius 3 is 2.89 bits per heavy atom. The van der Waals surface area contributed by atoms with Crippen molar-refractivity contribution >= 4 is 33.9 Å². The highest BCUT2D eigenvalue weighted by molar-refractivity contribution is 14.1. The highest BCUT2D eigenvalue weighted by Gasteiger charge is 2.19. The molecule has 0 aliphatic heterocycles. The number of imidazole rings is 1. The molecular formula is C14H20IN3S. The van der Waals surface area contributed by atoms with Gasteiger partial charge in [0.05, 0.1) is 8.93 Å². The van der Waals surface area contributed by atoms with E-state index in [1.54, 1.807) is 11.3 Å². The van der Waals surface area contributed by atoms with Crippen molar-refractivity contribution < 1.29 is 0 Å². The monoisotopic (exact) mass is 389 g/mol. The second kappa shape index (κ2) is 7.40. The van der Waals surface area contributed by atoms with Gasteiger partial charge < -0.3 is 9.88 Å². The number of hydrogen-bond acceptors (Lipinski definition) is 3. The van der Waals surface area contributed by atoms with Gasteiger partial charge in [-0.15, -0.1) is 11.3 Å². The van der Waals surface area contributed by atoms with Gasteiger partial charge in [-0.25, -0.2) is 4.98 Å². The van der Waals surface area contributed by atoms with Crippen LogP contribution in [0.4, 0.5) is 0 Å². The van der Waals surface area contributed by atoms with Crippen molar-refractivity contribution in [3.63, 3.8) is 0 Å². The second-order valence-corrected chi connectivity index (χ2v) is 7.36. The molecule has 2 aromatic rings. The molecular weight excluding hydrogens is 369 g/mol. The quantitative estimate of drug-likeness (QED) is 0.725. The van der Waals surface area contributed by atoms with E-state index >= 15 is 0 Å². The van der Waals surface area contributed by atoms with Gasteiger partial charge in [0, 0.05) is 18.9 Å². The van der Waals surface area contributed by atoms with Crippen molar-refractivity contribution in [1.29, 1.82) is 0 Å². The van der Waals surface area contributed by atoms with E-state index in [2.05, 4.69) is 68.9 Å². The molecule has 5 heteroatoms. The lowest BCUT2D eigenvalue weighted by molar-refractivity contribution is 0.531. The standard InChI is InChI=1S/C14H20IN3S/c1-3-5-16-13(11-9-12(15)19-10-11)14-17-6-8-18(14)7-4-2/h6,8-10,13,16H,3-5,7H2,1-2H3. The Balaban J connectivity index is 2.28. The highest BCUT2D eigenvalue weighted by atomic mass is 127. The predicted molar refractivity (Wildman–Crippen MR) is 89.7 cm³/mol. The van der Waals surface area contributed by atoms with Gasteiger partial charge in [-0.1, -0.05) is 13.8 Å². The largest absolute Gasteiger partial charge is 0.333 e. The van der Waals surface area contributed by atoms with E-state index in [1.807, 2.05) is 6.20 Å². The zero-order valence-electron chi connectivity index (χ0n) is 11.4. The second-order valence-electron chi connectivity index (χ2n) is 4.55. The number of nitrogens with one attached hydrogen (secondary N) is 1. The Morgan fingerprint density at radius 2 is 2.26 bits per heavy atom. The third-order valence-electron chi connectivity index (χ3n) is 2.99. The van der Waals surface area contributed by atoms with Crippen LogP contribution in [0.1, 0.15) is 44.1 Å². The van der Waals surface area contributed by atoms with Crippen molar-refractivity contribution in [2.24, 2.45) is 0 Å². The molecule has 0 aromatic carbocycles. The van der Waals surface area contributed by atoms with Crippen LogP contribution in [0, 0.1) is 2.88 Å². The molecule has 0 saturated heterocycles. The summed E-state index contributed by atoms with van der Waals surface area (Å²) in [6, 6.07) is 2.46. The number of rotatable bonds is 7. The van der Waals surface area contributed by atoms with Crippen molar-refractivity contribution in [3.05, 3.63) is 38.1 Å². The maximum atomic E-state index is 4.58. The van der Waals surface area contributed by atoms with Crippen LogP contribution in [0.5, 0.6) is 0 Å². The molecule has 0 bridgehead atoms. The average Bonchev–Trinajstić information content (AvgIpc) is 3.01. The number of nitrogens with zero attached hydrogens (tertiary/aromatic N) is 2. The van der Waals surface area contributed by atoms with Gasteiger partial charge in [-0.05, 0) is 59.0 Å². The zero-order valence-corrected chi connectivity index (χ0v) is 14.4. The smallest absolute Gasteiger partial charge is 0.130 e. The minimum atomic E-state index is 0.210. The number of aryl methyl sites for hydroxylation is 1. The van der Waals surface area contributed by atoms with Gasteiger partial charge >= 0.3 is 0 Å². The number of aromatic nitrogens is 2. The van der Waals surface area contributed by atoms with Crippen LogP contribution in [-0.2, 0) is 6.54 Å². The number of halogens is 1. The van der Waals surface area contributed by atoms with Crippen molar-refractivity contribution in [2.45, 2.75) is 39.3 Å². The molecule has 2 aromatic heterocycles. The van der Waals surface area contributed by atoms with Gasteiger partial charge in [0.2, 0.25) is 0 Å². The first-order valence-corrected chi connectivity index (χ1v) is 8.70. The van der Waals surface area contributed by atoms with Gasteiger partial charge in [0.25, 0.3) is 0 Å². The Hall–Kier alpha value is -0.400. The Labute approximate surface area is 132 Å². The Morgan fingerprint density at radius 1 is 1.42 bits per heavy atom. The molecule has 0 fully saturated rings. The van der Waals surface area contributed by atoms with E-state index in [9.17, 15) is 0 Å². The third-order valence-corrected chi connectivity index (χ3v) is 4.80. The SMILES string of the molecule is CCCNC(c1csc(I)c1)c1nccn1CCC. The summed E-state index contributed by atoms with van der Waals surface area (Å²) in [7, 11) is 0. The third kappa shape index (κ3) is 3.79. The van der Waals surface area contributed by atoms with Gasteiger partial charge in [-0.2, -0.15) is 0 Å². The molecule has 0 amide bonds. The van der Waals surface area contributed by atoms with Crippen LogP contribution < -0.4 is 5.32 Å². The van der Waals surface area contributed by atoms with E-state index < -0.39 is 0 Å². The maximum absolute atomic E-state index is 4.58. The normalized spacial score (nSPS) is 12.8. The topological polar surface area (TPSA) is 29.9 Å². The Bertz CT molecular complexity index is 506. The lowest BCUT2D eigenvalue weighted by atomic mass is 10.1. The summed E-state index contributed by atoms with van der Waals surface area (Å²) in [4.78, 5) is 4.58. The van der Waals surface area contributed by atoms with Crippen LogP contribution >= 0.6 is 33.9 Å². The zero-order chi connectivity index (χ0) is 13.7. The summed E-state index contributed by atoms with van der Waals surface area (Å²) in [5.41, 5.74) is 1.33. The minimum absolute atomic E-state index is 0.210. The molecule has 3 nitrogen and oxygen atoms in total. The summed E-state index contributed by atoms with van der Waals surface area (Å²) in [6.07, 6.45) is 6.25. The molecule has 104 valence electrons. The van der Waals surface area contributed by atoms with Crippen molar-refractivity contribution in [3.8, 4) is 0 Å². The molecule has 0 aliphatic carbocycles. The lowest BCUT2D eigenvalue weighted by Crippen LogP contribution is -2.26. The molecule has 0 saturated carbocycles. The molecule has 1 N–H and O–H groups in total. The number of thiophene rings is 1. The van der Waals surface area contributed by atoms with E-state index in [4.69, 9.17) is 0 Å². The van der Waals surface area contributed by atoms with Gasteiger partial charge in [0.1, 0.15) is 5.82 Å². The average molecular weight is 389 g/mol. The van der Waals surface area contributed by atoms with E-state index in [1.165, 1.54) is 8.45 Å². The summed E-state index contributed by atoms with van der Waals surface area (Å²) >= 11 is 4.17. The lowest BCUT2D eigenvalue weighted by Gasteiger charge is -2.18. The molecule has 0 aliphatic rings. The molecule has 0 radical (unpaired) electrons. The molecule has 19 heavy (non-hydrogen) atoms. The van der Waals surface area contributed by atoms with Crippen LogP contribution in [0.15, 0.2) is 23.8 Å². The first kappa shape index (κ1) is 15.0. The maximum Gasteiger partial charge on any atom is 0.130 e. The van der Waals surface area contributed by atoms with Gasteiger partial charge in [-0.3, -0.25) is 0 Å². The fourth-order valence-electron chi connectivity index (χ4n) is 2.13. The number of hydrogen-bond donors (Lipinski definition) is 1. The molecule has 2 heterocycles. The highest BCUT2D eigenvalue weighted by Crippen LogP contribution is 2.26. The van der Waals surface area contributed by atoms with E-state index in [0.29, 0.717) is 0 Å². The summed E-state index contributed by atoms with van der Waals surface area (Å²) < 4.78 is 3.59. The molecule has 2 rings (SSSR count). The fourth-order valence-corrected chi connectivity index (χ4v) is 3.53.